The average molecular weight is 203 g/mol. The van der Waals surface area contributed by atoms with Gasteiger partial charge in [-0.1, -0.05) is 6.07 Å². The van der Waals surface area contributed by atoms with Crippen molar-refractivity contribution in [3.8, 4) is 5.82 Å². The van der Waals surface area contributed by atoms with Gasteiger partial charge in [-0.3, -0.25) is 4.57 Å². The van der Waals surface area contributed by atoms with E-state index in [1.807, 2.05) is 29.8 Å². The van der Waals surface area contributed by atoms with E-state index in [9.17, 15) is 5.11 Å². The summed E-state index contributed by atoms with van der Waals surface area (Å²) < 4.78 is 1.89. The van der Waals surface area contributed by atoms with Gasteiger partial charge in [0.15, 0.2) is 0 Å². The third-order valence-electron chi connectivity index (χ3n) is 2.33. The molecule has 0 aliphatic rings. The Bertz CT molecular complexity index is 445. The minimum atomic E-state index is -0.476. The summed E-state index contributed by atoms with van der Waals surface area (Å²) in [4.78, 5) is 8.39. The van der Waals surface area contributed by atoms with Crippen molar-refractivity contribution in [3.05, 3.63) is 42.1 Å². The summed E-state index contributed by atoms with van der Waals surface area (Å²) in [6.45, 7) is 3.64. The molecule has 2 aromatic heterocycles. The molecule has 0 aromatic carbocycles. The molecule has 2 aromatic rings. The Balaban J connectivity index is 2.36. The largest absolute Gasteiger partial charge is 0.389 e. The van der Waals surface area contributed by atoms with Gasteiger partial charge in [-0.2, -0.15) is 0 Å². The summed E-state index contributed by atoms with van der Waals surface area (Å²) in [5.41, 5.74) is 0.816. The molecule has 0 aliphatic heterocycles. The van der Waals surface area contributed by atoms with Crippen LogP contribution in [-0.4, -0.2) is 19.6 Å². The Morgan fingerprint density at radius 2 is 2.13 bits per heavy atom. The molecule has 78 valence electrons. The SMILES string of the molecule is Cc1nccn1-c1ccc(C(C)O)cn1. The van der Waals surface area contributed by atoms with Crippen molar-refractivity contribution in [1.82, 2.24) is 14.5 Å². The van der Waals surface area contributed by atoms with Crippen LogP contribution in [0.4, 0.5) is 0 Å². The fourth-order valence-corrected chi connectivity index (χ4v) is 1.41. The molecule has 1 unspecified atom stereocenters. The highest BCUT2D eigenvalue weighted by Crippen LogP contribution is 2.13. The van der Waals surface area contributed by atoms with Crippen LogP contribution in [0.25, 0.3) is 5.82 Å². The Morgan fingerprint density at radius 1 is 1.33 bits per heavy atom. The maximum atomic E-state index is 9.34. The molecule has 0 radical (unpaired) electrons. The zero-order chi connectivity index (χ0) is 10.8. The van der Waals surface area contributed by atoms with Crippen LogP contribution in [0.3, 0.4) is 0 Å². The van der Waals surface area contributed by atoms with Gasteiger partial charge in [0, 0.05) is 18.6 Å². The molecule has 2 rings (SSSR count). The maximum Gasteiger partial charge on any atom is 0.137 e. The quantitative estimate of drug-likeness (QED) is 0.807. The van der Waals surface area contributed by atoms with E-state index in [4.69, 9.17) is 0 Å². The molecule has 4 nitrogen and oxygen atoms in total. The Hall–Kier alpha value is -1.68. The first-order valence-corrected chi connectivity index (χ1v) is 4.83. The number of pyridine rings is 1. The van der Waals surface area contributed by atoms with Crippen molar-refractivity contribution in [2.45, 2.75) is 20.0 Å². The topological polar surface area (TPSA) is 50.9 Å². The molecular formula is C11H13N3O. The number of nitrogens with zero attached hydrogens (tertiary/aromatic N) is 3. The highest BCUT2D eigenvalue weighted by molar-refractivity contribution is 5.27. The summed E-state index contributed by atoms with van der Waals surface area (Å²) in [5, 5.41) is 9.34. The smallest absolute Gasteiger partial charge is 0.137 e. The Labute approximate surface area is 88.2 Å². The fourth-order valence-electron chi connectivity index (χ4n) is 1.41. The van der Waals surface area contributed by atoms with Crippen LogP contribution in [0.5, 0.6) is 0 Å². The van der Waals surface area contributed by atoms with Crippen molar-refractivity contribution >= 4 is 0 Å². The van der Waals surface area contributed by atoms with Gasteiger partial charge in [0.2, 0.25) is 0 Å². The highest BCUT2D eigenvalue weighted by Gasteiger charge is 2.04. The molecule has 1 atom stereocenters. The lowest BCUT2D eigenvalue weighted by Crippen LogP contribution is -2.00. The van der Waals surface area contributed by atoms with E-state index in [1.54, 1.807) is 19.3 Å². The van der Waals surface area contributed by atoms with Crippen molar-refractivity contribution in [2.24, 2.45) is 0 Å². The van der Waals surface area contributed by atoms with E-state index in [0.717, 1.165) is 17.2 Å². The normalized spacial score (nSPS) is 12.7. The fraction of sp³-hybridized carbons (Fsp3) is 0.273. The Kier molecular flexibility index (Phi) is 2.51. The van der Waals surface area contributed by atoms with Crippen LogP contribution in [0.15, 0.2) is 30.7 Å². The van der Waals surface area contributed by atoms with Gasteiger partial charge < -0.3 is 5.11 Å². The van der Waals surface area contributed by atoms with Gasteiger partial charge in [-0.15, -0.1) is 0 Å². The first-order valence-electron chi connectivity index (χ1n) is 4.83. The second kappa shape index (κ2) is 3.82. The highest BCUT2D eigenvalue weighted by atomic mass is 16.3. The molecule has 4 heteroatoms. The van der Waals surface area contributed by atoms with Gasteiger partial charge >= 0.3 is 0 Å². The number of aryl methyl sites for hydroxylation is 1. The van der Waals surface area contributed by atoms with Crippen LogP contribution in [-0.2, 0) is 0 Å². The molecule has 0 saturated heterocycles. The lowest BCUT2D eigenvalue weighted by atomic mass is 10.2. The van der Waals surface area contributed by atoms with Gasteiger partial charge in [0.1, 0.15) is 11.6 Å². The zero-order valence-corrected chi connectivity index (χ0v) is 8.75. The van der Waals surface area contributed by atoms with E-state index < -0.39 is 6.10 Å². The van der Waals surface area contributed by atoms with Crippen LogP contribution >= 0.6 is 0 Å². The third kappa shape index (κ3) is 1.89. The van der Waals surface area contributed by atoms with E-state index in [0.29, 0.717) is 0 Å². The zero-order valence-electron chi connectivity index (χ0n) is 8.75. The molecule has 0 fully saturated rings. The second-order valence-electron chi connectivity index (χ2n) is 3.47. The molecule has 15 heavy (non-hydrogen) atoms. The van der Waals surface area contributed by atoms with Crippen LogP contribution in [0.2, 0.25) is 0 Å². The lowest BCUT2D eigenvalue weighted by Gasteiger charge is -2.06. The molecule has 0 saturated carbocycles. The number of imidazole rings is 1. The lowest BCUT2D eigenvalue weighted by molar-refractivity contribution is 0.199. The van der Waals surface area contributed by atoms with Crippen LogP contribution in [0, 0.1) is 6.92 Å². The summed E-state index contributed by atoms with van der Waals surface area (Å²) in [6.07, 6.45) is 4.80. The summed E-state index contributed by atoms with van der Waals surface area (Å²) >= 11 is 0. The minimum absolute atomic E-state index is 0.476. The first kappa shape index (κ1) is 9.86. The van der Waals surface area contributed by atoms with E-state index >= 15 is 0 Å². The molecule has 0 bridgehead atoms. The number of hydrogen-bond donors (Lipinski definition) is 1. The molecule has 0 aliphatic carbocycles. The third-order valence-corrected chi connectivity index (χ3v) is 2.33. The number of aliphatic hydroxyl groups is 1. The van der Waals surface area contributed by atoms with Gasteiger partial charge in [-0.25, -0.2) is 9.97 Å². The molecular weight excluding hydrogens is 190 g/mol. The average Bonchev–Trinajstić information content (AvgIpc) is 2.65. The summed E-state index contributed by atoms with van der Waals surface area (Å²) in [6, 6.07) is 3.74. The number of hydrogen-bond acceptors (Lipinski definition) is 3. The van der Waals surface area contributed by atoms with Crippen LogP contribution in [0.1, 0.15) is 24.4 Å². The number of aromatic nitrogens is 3. The minimum Gasteiger partial charge on any atom is -0.389 e. The van der Waals surface area contributed by atoms with Crippen molar-refractivity contribution in [2.75, 3.05) is 0 Å². The molecule has 2 heterocycles. The monoisotopic (exact) mass is 203 g/mol. The predicted molar refractivity (Wildman–Crippen MR) is 56.7 cm³/mol. The van der Waals surface area contributed by atoms with Gasteiger partial charge in [-0.05, 0) is 25.5 Å². The number of rotatable bonds is 2. The summed E-state index contributed by atoms with van der Waals surface area (Å²) in [5.74, 6) is 1.71. The maximum absolute atomic E-state index is 9.34. The Morgan fingerprint density at radius 3 is 2.60 bits per heavy atom. The van der Waals surface area contributed by atoms with Crippen LogP contribution < -0.4 is 0 Å². The van der Waals surface area contributed by atoms with Gasteiger partial charge in [0.05, 0.1) is 6.10 Å². The molecule has 1 N–H and O–H groups in total. The predicted octanol–water partition coefficient (Wildman–Crippen LogP) is 1.63. The van der Waals surface area contributed by atoms with Crippen molar-refractivity contribution in [1.29, 1.82) is 0 Å². The van der Waals surface area contributed by atoms with E-state index in [-0.39, 0.29) is 0 Å². The first-order chi connectivity index (χ1) is 7.18. The number of aliphatic hydroxyl groups excluding tert-OH is 1. The molecule has 0 spiro atoms. The van der Waals surface area contributed by atoms with Crippen molar-refractivity contribution < 1.29 is 5.11 Å². The molecule has 0 amide bonds. The summed E-state index contributed by atoms with van der Waals surface area (Å²) in [7, 11) is 0. The van der Waals surface area contributed by atoms with Gasteiger partial charge in [0.25, 0.3) is 0 Å². The van der Waals surface area contributed by atoms with Crippen molar-refractivity contribution in [3.63, 3.8) is 0 Å². The second-order valence-corrected chi connectivity index (χ2v) is 3.47. The standard InChI is InChI=1S/C11H13N3O/c1-8(15)10-3-4-11(13-7-10)14-6-5-12-9(14)2/h3-8,15H,1-2H3. The van der Waals surface area contributed by atoms with E-state index in [2.05, 4.69) is 9.97 Å². The van der Waals surface area contributed by atoms with E-state index in [1.165, 1.54) is 0 Å².